The molecule has 1 saturated heterocycles. The number of aliphatic hydroxyl groups is 4. The monoisotopic (exact) mass is 433 g/mol. The third kappa shape index (κ3) is 4.47. The van der Waals surface area contributed by atoms with Crippen molar-refractivity contribution < 1.29 is 40.1 Å². The van der Waals surface area contributed by atoms with Gasteiger partial charge in [-0.2, -0.15) is 0 Å². The van der Waals surface area contributed by atoms with Crippen molar-refractivity contribution in [1.29, 1.82) is 0 Å². The molecule has 168 valence electrons. The SMILES string of the molecule is OC[C@@H]1O[C@H](Oc2ccc(C[C@@H]3NCCc4cc(O)c(O)cc43)cc2)[C@@H](O)[C@H](O)[C@H]1O. The van der Waals surface area contributed by atoms with Gasteiger partial charge in [-0.3, -0.25) is 0 Å². The average Bonchev–Trinajstić information content (AvgIpc) is 2.76. The topological polar surface area (TPSA) is 152 Å². The first-order valence-electron chi connectivity index (χ1n) is 10.2. The summed E-state index contributed by atoms with van der Waals surface area (Å²) in [6.07, 6.45) is -5.24. The molecule has 7 N–H and O–H groups in total. The van der Waals surface area contributed by atoms with Gasteiger partial charge in [0.2, 0.25) is 6.29 Å². The zero-order valence-electron chi connectivity index (χ0n) is 16.8. The standard InChI is InChI=1S/C22H27NO8/c24-10-18-19(27)20(28)21(29)22(31-18)30-13-3-1-11(2-4-13)7-15-14-9-17(26)16(25)8-12(14)5-6-23-15/h1-4,8-9,15,18-29H,5-7,10H2/t15-,18-,19-,20+,21-,22-/m0/s1. The normalized spacial score (nSPS) is 30.6. The van der Waals surface area contributed by atoms with Crippen molar-refractivity contribution in [3.8, 4) is 17.2 Å². The maximum absolute atomic E-state index is 10.1. The van der Waals surface area contributed by atoms with Gasteiger partial charge in [-0.05, 0) is 60.3 Å². The largest absolute Gasteiger partial charge is 0.504 e. The lowest BCUT2D eigenvalue weighted by atomic mass is 9.90. The lowest BCUT2D eigenvalue weighted by molar-refractivity contribution is -0.277. The van der Waals surface area contributed by atoms with E-state index in [1.54, 1.807) is 24.3 Å². The minimum Gasteiger partial charge on any atom is -0.504 e. The minimum absolute atomic E-state index is 0.0209. The van der Waals surface area contributed by atoms with Crippen molar-refractivity contribution >= 4 is 0 Å². The number of benzene rings is 2. The molecule has 31 heavy (non-hydrogen) atoms. The Hall–Kier alpha value is -2.40. The Morgan fingerprint density at radius 1 is 0.968 bits per heavy atom. The van der Waals surface area contributed by atoms with E-state index in [0.717, 1.165) is 29.7 Å². The second-order valence-electron chi connectivity index (χ2n) is 7.96. The predicted molar refractivity (Wildman–Crippen MR) is 109 cm³/mol. The molecule has 0 aliphatic carbocycles. The molecule has 2 aliphatic rings. The molecule has 0 aromatic heterocycles. The molecular weight excluding hydrogens is 406 g/mol. The first kappa shape index (κ1) is 21.8. The number of hydrogen-bond acceptors (Lipinski definition) is 9. The second kappa shape index (κ2) is 8.99. The fourth-order valence-corrected chi connectivity index (χ4v) is 4.09. The highest BCUT2D eigenvalue weighted by Gasteiger charge is 2.44. The number of phenols is 2. The van der Waals surface area contributed by atoms with Crippen molar-refractivity contribution in [1.82, 2.24) is 5.32 Å². The highest BCUT2D eigenvalue weighted by Crippen LogP contribution is 2.35. The van der Waals surface area contributed by atoms with Gasteiger partial charge in [0.15, 0.2) is 11.5 Å². The van der Waals surface area contributed by atoms with E-state index in [2.05, 4.69) is 5.32 Å². The smallest absolute Gasteiger partial charge is 0.229 e. The molecule has 0 amide bonds. The lowest BCUT2D eigenvalue weighted by Gasteiger charge is -2.39. The molecule has 0 unspecified atom stereocenters. The molecule has 2 aromatic carbocycles. The first-order valence-corrected chi connectivity index (χ1v) is 10.2. The fraction of sp³-hybridized carbons (Fsp3) is 0.455. The molecule has 2 aromatic rings. The maximum atomic E-state index is 10.1. The maximum Gasteiger partial charge on any atom is 0.229 e. The van der Waals surface area contributed by atoms with E-state index in [1.165, 1.54) is 0 Å². The number of rotatable bonds is 5. The Balaban J connectivity index is 1.43. The zero-order chi connectivity index (χ0) is 22.1. The molecule has 0 spiro atoms. The molecule has 0 bridgehead atoms. The molecular formula is C22H27NO8. The Morgan fingerprint density at radius 3 is 2.39 bits per heavy atom. The third-order valence-corrected chi connectivity index (χ3v) is 5.86. The van der Waals surface area contributed by atoms with Gasteiger partial charge < -0.3 is 45.4 Å². The van der Waals surface area contributed by atoms with Crippen LogP contribution in [0.5, 0.6) is 17.2 Å². The van der Waals surface area contributed by atoms with E-state index < -0.39 is 37.3 Å². The van der Waals surface area contributed by atoms with Gasteiger partial charge in [-0.1, -0.05) is 12.1 Å². The minimum atomic E-state index is -1.50. The Kier molecular flexibility index (Phi) is 6.33. The number of hydrogen-bond donors (Lipinski definition) is 7. The number of nitrogens with one attached hydrogen (secondary N) is 1. The first-order chi connectivity index (χ1) is 14.9. The molecule has 2 aliphatic heterocycles. The van der Waals surface area contributed by atoms with Crippen LogP contribution in [0.25, 0.3) is 0 Å². The van der Waals surface area contributed by atoms with Crippen LogP contribution in [0, 0.1) is 0 Å². The predicted octanol–water partition coefficient (Wildman–Crippen LogP) is -0.294. The van der Waals surface area contributed by atoms with Gasteiger partial charge in [0.05, 0.1) is 6.61 Å². The van der Waals surface area contributed by atoms with Crippen LogP contribution in [0.3, 0.4) is 0 Å². The van der Waals surface area contributed by atoms with Gasteiger partial charge in [0.1, 0.15) is 30.2 Å². The van der Waals surface area contributed by atoms with E-state index in [1.807, 2.05) is 12.1 Å². The van der Waals surface area contributed by atoms with Crippen molar-refractivity contribution in [2.45, 2.75) is 49.6 Å². The zero-order valence-corrected chi connectivity index (χ0v) is 16.8. The lowest BCUT2D eigenvalue weighted by Crippen LogP contribution is -2.60. The van der Waals surface area contributed by atoms with E-state index in [-0.39, 0.29) is 17.5 Å². The molecule has 2 heterocycles. The highest BCUT2D eigenvalue weighted by molar-refractivity contribution is 5.48. The Labute approximate surface area is 179 Å². The van der Waals surface area contributed by atoms with Crippen molar-refractivity contribution in [3.63, 3.8) is 0 Å². The molecule has 0 radical (unpaired) electrons. The van der Waals surface area contributed by atoms with Crippen LogP contribution >= 0.6 is 0 Å². The van der Waals surface area contributed by atoms with Crippen molar-refractivity contribution in [2.24, 2.45) is 0 Å². The van der Waals surface area contributed by atoms with Gasteiger partial charge in [-0.15, -0.1) is 0 Å². The number of phenolic OH excluding ortho intramolecular Hbond substituents is 2. The number of aliphatic hydroxyl groups excluding tert-OH is 4. The van der Waals surface area contributed by atoms with Gasteiger partial charge in [0, 0.05) is 6.04 Å². The van der Waals surface area contributed by atoms with Crippen LogP contribution in [0.2, 0.25) is 0 Å². The highest BCUT2D eigenvalue weighted by atomic mass is 16.7. The Bertz CT molecular complexity index is 903. The molecule has 4 rings (SSSR count). The molecule has 9 heteroatoms. The third-order valence-electron chi connectivity index (χ3n) is 5.86. The summed E-state index contributed by atoms with van der Waals surface area (Å²) in [6.45, 7) is 0.243. The van der Waals surface area contributed by atoms with Gasteiger partial charge >= 0.3 is 0 Å². The average molecular weight is 433 g/mol. The summed E-state index contributed by atoms with van der Waals surface area (Å²) in [6, 6.07) is 10.3. The summed E-state index contributed by atoms with van der Waals surface area (Å²) in [5.74, 6) is 0.137. The second-order valence-corrected chi connectivity index (χ2v) is 7.96. The van der Waals surface area contributed by atoms with Crippen LogP contribution in [0.15, 0.2) is 36.4 Å². The van der Waals surface area contributed by atoms with Crippen molar-refractivity contribution in [3.05, 3.63) is 53.1 Å². The van der Waals surface area contributed by atoms with E-state index in [4.69, 9.17) is 9.47 Å². The Morgan fingerprint density at radius 2 is 1.68 bits per heavy atom. The van der Waals surface area contributed by atoms with Gasteiger partial charge in [0.25, 0.3) is 0 Å². The molecule has 0 saturated carbocycles. The van der Waals surface area contributed by atoms with E-state index >= 15 is 0 Å². The fourth-order valence-electron chi connectivity index (χ4n) is 4.09. The van der Waals surface area contributed by atoms with Crippen LogP contribution in [-0.2, 0) is 17.6 Å². The molecule has 1 fully saturated rings. The van der Waals surface area contributed by atoms with Crippen LogP contribution in [0.1, 0.15) is 22.7 Å². The summed E-state index contributed by atoms with van der Waals surface area (Å²) in [4.78, 5) is 0. The van der Waals surface area contributed by atoms with Crippen molar-refractivity contribution in [2.75, 3.05) is 13.2 Å². The summed E-state index contributed by atoms with van der Waals surface area (Å²) in [5.41, 5.74) is 2.95. The summed E-state index contributed by atoms with van der Waals surface area (Å²) in [5, 5.41) is 62.1. The number of fused-ring (bicyclic) bond motifs is 1. The summed E-state index contributed by atoms with van der Waals surface area (Å²) >= 11 is 0. The van der Waals surface area contributed by atoms with Crippen LogP contribution in [-0.4, -0.2) is 74.5 Å². The van der Waals surface area contributed by atoms with Crippen LogP contribution in [0.4, 0.5) is 0 Å². The van der Waals surface area contributed by atoms with Gasteiger partial charge in [-0.25, -0.2) is 0 Å². The molecule has 9 nitrogen and oxygen atoms in total. The summed E-state index contributed by atoms with van der Waals surface area (Å²) < 4.78 is 11.0. The van der Waals surface area contributed by atoms with E-state index in [0.29, 0.717) is 12.2 Å². The number of aromatic hydroxyl groups is 2. The molecule has 6 atom stereocenters. The number of ether oxygens (including phenoxy) is 2. The van der Waals surface area contributed by atoms with E-state index in [9.17, 15) is 30.6 Å². The quantitative estimate of drug-likeness (QED) is 0.315. The summed E-state index contributed by atoms with van der Waals surface area (Å²) in [7, 11) is 0. The van der Waals surface area contributed by atoms with Crippen LogP contribution < -0.4 is 10.1 Å².